The van der Waals surface area contributed by atoms with Gasteiger partial charge in [-0.3, -0.25) is 14.7 Å². The number of carbonyl (C=O) groups excluding carboxylic acids is 3. The average molecular weight is 517 g/mol. The summed E-state index contributed by atoms with van der Waals surface area (Å²) < 4.78 is 30.2. The van der Waals surface area contributed by atoms with Crippen molar-refractivity contribution in [1.29, 1.82) is 0 Å². The fourth-order valence-corrected chi connectivity index (χ4v) is 4.47. The normalized spacial score (nSPS) is 17.0. The Labute approximate surface area is 219 Å². The van der Waals surface area contributed by atoms with E-state index in [9.17, 15) is 14.4 Å². The minimum Gasteiger partial charge on any atom is -0.308 e. The van der Waals surface area contributed by atoms with Gasteiger partial charge in [0.2, 0.25) is 0 Å². The van der Waals surface area contributed by atoms with Crippen molar-refractivity contribution in [2.24, 2.45) is 0 Å². The molecule has 1 aliphatic heterocycles. The third-order valence-electron chi connectivity index (χ3n) is 6.52. The molecule has 2 heterocycles. The van der Waals surface area contributed by atoms with Crippen LogP contribution in [0.1, 0.15) is 30.2 Å². The van der Waals surface area contributed by atoms with Crippen LogP contribution >= 0.6 is 0 Å². The van der Waals surface area contributed by atoms with Crippen molar-refractivity contribution < 1.29 is 23.2 Å². The van der Waals surface area contributed by atoms with Crippen LogP contribution in [-0.2, 0) is 9.59 Å². The number of pyridine rings is 1. The second-order valence-corrected chi connectivity index (χ2v) is 9.15. The van der Waals surface area contributed by atoms with Crippen molar-refractivity contribution in [3.63, 3.8) is 0 Å². The number of piperazine rings is 1. The number of urea groups is 1. The van der Waals surface area contributed by atoms with Crippen LogP contribution < -0.4 is 9.80 Å². The molecular formula is C29H26F2N4O3. The number of rotatable bonds is 4. The van der Waals surface area contributed by atoms with Crippen LogP contribution in [0.3, 0.4) is 0 Å². The van der Waals surface area contributed by atoms with Crippen LogP contribution in [0.5, 0.6) is 0 Å². The number of hydrogen-bond acceptors (Lipinski definition) is 4. The summed E-state index contributed by atoms with van der Waals surface area (Å²) >= 11 is 0. The number of anilines is 2. The van der Waals surface area contributed by atoms with E-state index in [-0.39, 0.29) is 25.1 Å². The summed E-state index contributed by atoms with van der Waals surface area (Å²) in [6, 6.07) is 13.7. The van der Waals surface area contributed by atoms with Crippen LogP contribution in [0.25, 0.3) is 0 Å². The number of aromatic nitrogens is 1. The molecule has 194 valence electrons. The smallest absolute Gasteiger partial charge is 0.308 e. The highest BCUT2D eigenvalue weighted by atomic mass is 19.1. The van der Waals surface area contributed by atoms with Crippen LogP contribution in [0.4, 0.5) is 25.0 Å². The van der Waals surface area contributed by atoms with Gasteiger partial charge in [0.1, 0.15) is 17.5 Å². The Kier molecular flexibility index (Phi) is 7.53. The Morgan fingerprint density at radius 1 is 1.08 bits per heavy atom. The highest BCUT2D eigenvalue weighted by Crippen LogP contribution is 2.32. The van der Waals surface area contributed by atoms with Crippen molar-refractivity contribution in [2.45, 2.75) is 25.8 Å². The molecule has 9 heteroatoms. The second-order valence-electron chi connectivity index (χ2n) is 9.15. The molecule has 0 saturated carbocycles. The summed E-state index contributed by atoms with van der Waals surface area (Å²) in [4.78, 5) is 46.3. The van der Waals surface area contributed by atoms with Gasteiger partial charge in [-0.25, -0.2) is 13.6 Å². The maximum atomic E-state index is 15.1. The van der Waals surface area contributed by atoms with E-state index >= 15 is 8.78 Å². The van der Waals surface area contributed by atoms with Crippen LogP contribution in [0.15, 0.2) is 60.8 Å². The molecule has 3 amide bonds. The Morgan fingerprint density at radius 3 is 2.37 bits per heavy atom. The zero-order valence-electron chi connectivity index (χ0n) is 21.2. The first-order chi connectivity index (χ1) is 18.2. The van der Waals surface area contributed by atoms with Gasteiger partial charge in [0.25, 0.3) is 5.91 Å². The van der Waals surface area contributed by atoms with E-state index in [1.54, 1.807) is 49.5 Å². The molecule has 0 radical (unpaired) electrons. The van der Waals surface area contributed by atoms with E-state index in [2.05, 4.69) is 16.8 Å². The number of nitrogens with zero attached hydrogens (tertiary/aromatic N) is 4. The quantitative estimate of drug-likeness (QED) is 0.383. The summed E-state index contributed by atoms with van der Waals surface area (Å²) in [7, 11) is 1.23. The highest BCUT2D eigenvalue weighted by Gasteiger charge is 2.49. The summed E-state index contributed by atoms with van der Waals surface area (Å²) in [5.41, 5.74) is -0.0527. The van der Waals surface area contributed by atoms with E-state index in [1.165, 1.54) is 23.8 Å². The molecule has 0 bridgehead atoms. The van der Waals surface area contributed by atoms with Crippen molar-refractivity contribution in [1.82, 2.24) is 9.88 Å². The van der Waals surface area contributed by atoms with Gasteiger partial charge in [-0.1, -0.05) is 30.0 Å². The van der Waals surface area contributed by atoms with Crippen LogP contribution in [-0.4, -0.2) is 53.8 Å². The van der Waals surface area contributed by atoms with E-state index < -0.39 is 34.8 Å². The molecule has 2 aromatic carbocycles. The van der Waals surface area contributed by atoms with E-state index in [1.807, 2.05) is 6.07 Å². The molecule has 7 nitrogen and oxygen atoms in total. The molecule has 1 atom stereocenters. The zero-order chi connectivity index (χ0) is 27.4. The van der Waals surface area contributed by atoms with Gasteiger partial charge in [0, 0.05) is 55.3 Å². The van der Waals surface area contributed by atoms with E-state index in [0.717, 1.165) is 17.0 Å². The van der Waals surface area contributed by atoms with Gasteiger partial charge in [0.15, 0.2) is 11.6 Å². The third-order valence-corrected chi connectivity index (χ3v) is 6.52. The van der Waals surface area contributed by atoms with Gasteiger partial charge in [-0.15, -0.1) is 0 Å². The molecule has 0 spiro atoms. The van der Waals surface area contributed by atoms with Crippen molar-refractivity contribution >= 4 is 29.6 Å². The van der Waals surface area contributed by atoms with Crippen molar-refractivity contribution in [3.05, 3.63) is 89.2 Å². The summed E-state index contributed by atoms with van der Waals surface area (Å²) in [6.45, 7) is 3.44. The molecule has 1 fully saturated rings. The molecule has 1 unspecified atom stereocenters. The van der Waals surface area contributed by atoms with E-state index in [0.29, 0.717) is 23.2 Å². The third kappa shape index (κ3) is 5.11. The standard InChI is InChI=1S/C29H26F2N4O3/c1-20-17-23(11-13-32-20)34-14-15-35(29(2,12-16-36)27(34)37)28(38)33(3)26-24(30)18-22(19-25(26)31)10-9-21-7-5-4-6-8-21/h4-8,11,13,16-19H,12,14-15H2,1-3H3. The lowest BCUT2D eigenvalue weighted by molar-refractivity contribution is -0.133. The Morgan fingerprint density at radius 2 is 1.74 bits per heavy atom. The minimum atomic E-state index is -1.56. The summed E-state index contributed by atoms with van der Waals surface area (Å²) in [5, 5.41) is 0. The molecule has 1 aliphatic rings. The maximum Gasteiger partial charge on any atom is 0.325 e. The second kappa shape index (κ2) is 10.8. The number of hydrogen-bond donors (Lipinski definition) is 0. The molecule has 3 aromatic rings. The maximum absolute atomic E-state index is 15.1. The molecule has 0 aliphatic carbocycles. The minimum absolute atomic E-state index is 0.0461. The molecule has 1 aromatic heterocycles. The molecule has 4 rings (SSSR count). The lowest BCUT2D eigenvalue weighted by Crippen LogP contribution is -2.68. The largest absolute Gasteiger partial charge is 0.325 e. The Balaban J connectivity index is 1.62. The molecule has 1 saturated heterocycles. The summed E-state index contributed by atoms with van der Waals surface area (Å²) in [6.07, 6.45) is 1.84. The van der Waals surface area contributed by atoms with E-state index in [4.69, 9.17) is 0 Å². The van der Waals surface area contributed by atoms with Crippen LogP contribution in [0, 0.1) is 30.4 Å². The number of halogens is 2. The molecular weight excluding hydrogens is 490 g/mol. The number of benzene rings is 2. The number of aldehydes is 1. The van der Waals surface area contributed by atoms with Gasteiger partial charge >= 0.3 is 6.03 Å². The lowest BCUT2D eigenvalue weighted by atomic mass is 9.91. The predicted molar refractivity (Wildman–Crippen MR) is 140 cm³/mol. The SMILES string of the molecule is Cc1cc(N2CCN(C(=O)N(C)c3c(F)cc(C#Cc4ccccc4)cc3F)C(C)(CC=O)C2=O)ccn1. The number of carbonyl (C=O) groups is 3. The fourth-order valence-electron chi connectivity index (χ4n) is 4.47. The van der Waals surface area contributed by atoms with Crippen LogP contribution in [0.2, 0.25) is 0 Å². The van der Waals surface area contributed by atoms with Gasteiger partial charge < -0.3 is 14.6 Å². The first kappa shape index (κ1) is 26.5. The fraction of sp³-hybridized carbons (Fsp3) is 0.241. The molecule has 38 heavy (non-hydrogen) atoms. The average Bonchev–Trinajstić information content (AvgIpc) is 2.89. The van der Waals surface area contributed by atoms with Gasteiger partial charge in [-0.2, -0.15) is 0 Å². The Hall–Kier alpha value is -4.58. The monoisotopic (exact) mass is 516 g/mol. The Bertz CT molecular complexity index is 1430. The molecule has 0 N–H and O–H groups in total. The number of amides is 3. The van der Waals surface area contributed by atoms with Crippen molar-refractivity contribution in [3.8, 4) is 11.8 Å². The first-order valence-corrected chi connectivity index (χ1v) is 12.0. The topological polar surface area (TPSA) is 73.8 Å². The lowest BCUT2D eigenvalue weighted by Gasteiger charge is -2.47. The van der Waals surface area contributed by atoms with Gasteiger partial charge in [-0.05, 0) is 50.2 Å². The highest BCUT2D eigenvalue weighted by molar-refractivity contribution is 6.06. The number of aryl methyl sites for hydroxylation is 1. The summed E-state index contributed by atoms with van der Waals surface area (Å²) in [5.74, 6) is 3.13. The van der Waals surface area contributed by atoms with Gasteiger partial charge in [0.05, 0.1) is 0 Å². The predicted octanol–water partition coefficient (Wildman–Crippen LogP) is 4.32. The van der Waals surface area contributed by atoms with Crippen molar-refractivity contribution in [2.75, 3.05) is 29.9 Å². The zero-order valence-corrected chi connectivity index (χ0v) is 21.2. The first-order valence-electron chi connectivity index (χ1n) is 12.0.